The Bertz CT molecular complexity index is 1380. The minimum absolute atomic E-state index is 0.0120. The predicted molar refractivity (Wildman–Crippen MR) is 155 cm³/mol. The van der Waals surface area contributed by atoms with Crippen LogP contribution in [0.25, 0.3) is 0 Å². The van der Waals surface area contributed by atoms with Crippen molar-refractivity contribution in [3.63, 3.8) is 0 Å². The lowest BCUT2D eigenvalue weighted by atomic mass is 9.98. The maximum Gasteiger partial charge on any atom is 0.335 e. The highest BCUT2D eigenvalue weighted by molar-refractivity contribution is 7.88. The molecule has 0 fully saturated rings. The highest BCUT2D eigenvalue weighted by Crippen LogP contribution is 2.14. The minimum Gasteiger partial charge on any atom is -0.478 e. The molecule has 2 amide bonds. The third kappa shape index (κ3) is 10.7. The fraction of sp³-hybridized carbons (Fsp3) is 0.370. The van der Waals surface area contributed by atoms with E-state index in [1.165, 1.54) is 24.3 Å². The molecule has 0 radical (unpaired) electrons. The summed E-state index contributed by atoms with van der Waals surface area (Å²) in [5.41, 5.74) is 12.3. The van der Waals surface area contributed by atoms with E-state index in [1.54, 1.807) is 38.1 Å². The molecule has 0 bridgehead atoms. The van der Waals surface area contributed by atoms with Gasteiger partial charge in [-0.25, -0.2) is 17.9 Å². The summed E-state index contributed by atoms with van der Waals surface area (Å²) in [5.74, 6) is -3.75. The van der Waals surface area contributed by atoms with Gasteiger partial charge in [-0.2, -0.15) is 0 Å². The van der Waals surface area contributed by atoms with Crippen molar-refractivity contribution in [3.05, 3.63) is 70.8 Å². The zero-order valence-electron chi connectivity index (χ0n) is 22.9. The van der Waals surface area contributed by atoms with Gasteiger partial charge in [0.25, 0.3) is 0 Å². The molecule has 0 saturated heterocycles. The summed E-state index contributed by atoms with van der Waals surface area (Å²) < 4.78 is 28.4. The van der Waals surface area contributed by atoms with Crippen LogP contribution in [0.5, 0.6) is 0 Å². The highest BCUT2D eigenvalue weighted by Gasteiger charge is 2.32. The molecule has 2 aromatic carbocycles. The summed E-state index contributed by atoms with van der Waals surface area (Å²) >= 11 is 0. The number of aromatic carboxylic acids is 1. The molecule has 0 aromatic heterocycles. The average Bonchev–Trinajstić information content (AvgIpc) is 2.92. The first-order chi connectivity index (χ1) is 19.2. The van der Waals surface area contributed by atoms with E-state index in [4.69, 9.17) is 22.3 Å². The Hall–Kier alpha value is -4.30. The van der Waals surface area contributed by atoms with Crippen LogP contribution in [-0.4, -0.2) is 55.1 Å². The Morgan fingerprint density at radius 3 is 2.20 bits per heavy atom. The van der Waals surface area contributed by atoms with Gasteiger partial charge in [-0.3, -0.25) is 20.4 Å². The largest absolute Gasteiger partial charge is 0.478 e. The van der Waals surface area contributed by atoms with Gasteiger partial charge in [0, 0.05) is 18.5 Å². The van der Waals surface area contributed by atoms with Crippen LogP contribution in [0.3, 0.4) is 0 Å². The van der Waals surface area contributed by atoms with Gasteiger partial charge in [-0.05, 0) is 35.6 Å². The fourth-order valence-electron chi connectivity index (χ4n) is 3.86. The third-order valence-electron chi connectivity index (χ3n) is 6.40. The van der Waals surface area contributed by atoms with Crippen LogP contribution in [0.2, 0.25) is 0 Å². The number of carbonyl (C=O) groups excluding carboxylic acids is 2. The maximum absolute atomic E-state index is 13.3. The van der Waals surface area contributed by atoms with E-state index < -0.39 is 51.6 Å². The summed E-state index contributed by atoms with van der Waals surface area (Å²) in [4.78, 5) is 37.6. The maximum atomic E-state index is 13.3. The van der Waals surface area contributed by atoms with Crippen LogP contribution in [-0.2, 0) is 31.9 Å². The Morgan fingerprint density at radius 1 is 0.976 bits per heavy atom. The SMILES string of the molecule is CC[C@@H](C)[C@@H](NS(=O)(=O)Cc1cccc(C(=O)O)c1)C(=O)N[C@@H](CCC(=N)N)C(=O)NCc1ccc(C(=N)N)cc1. The Morgan fingerprint density at radius 2 is 1.63 bits per heavy atom. The summed E-state index contributed by atoms with van der Waals surface area (Å²) in [6.07, 6.45) is 0.471. The van der Waals surface area contributed by atoms with Crippen LogP contribution < -0.4 is 26.8 Å². The van der Waals surface area contributed by atoms with Gasteiger partial charge in [0.2, 0.25) is 21.8 Å². The zero-order chi connectivity index (χ0) is 30.7. The molecule has 0 aliphatic carbocycles. The van der Waals surface area contributed by atoms with Crippen molar-refractivity contribution in [2.75, 3.05) is 0 Å². The Labute approximate surface area is 239 Å². The van der Waals surface area contributed by atoms with Crippen molar-refractivity contribution in [1.29, 1.82) is 10.8 Å². The number of carboxylic acid groups (broad SMARTS) is 1. The van der Waals surface area contributed by atoms with Crippen LogP contribution in [0.1, 0.15) is 60.2 Å². The standard InChI is InChI=1S/C27H37N7O6S/c1-3-16(2)23(34-41(39,40)15-18-5-4-6-20(13-18)27(37)38)26(36)33-21(11-12-22(28)29)25(35)32-14-17-7-9-19(10-8-17)24(30)31/h4-10,13,16,21,23,34H,3,11-12,14-15H2,1-2H3,(H3,28,29)(H3,30,31)(H,32,35)(H,33,36)(H,37,38)/t16-,21+,23-/m1/s1. The quantitative estimate of drug-likeness (QED) is 0.104. The summed E-state index contributed by atoms with van der Waals surface area (Å²) in [5, 5.41) is 29.5. The number of hydrogen-bond donors (Lipinski definition) is 8. The molecule has 13 nitrogen and oxygen atoms in total. The molecule has 14 heteroatoms. The number of hydrogen-bond acceptors (Lipinski definition) is 7. The lowest BCUT2D eigenvalue weighted by Gasteiger charge is -2.26. The molecular formula is C27H37N7O6S. The molecule has 0 heterocycles. The molecule has 0 aliphatic heterocycles. The van der Waals surface area contributed by atoms with E-state index in [1.807, 2.05) is 0 Å². The molecule has 2 aromatic rings. The van der Waals surface area contributed by atoms with Crippen molar-refractivity contribution >= 4 is 39.5 Å². The molecule has 10 N–H and O–H groups in total. The van der Waals surface area contributed by atoms with E-state index in [-0.39, 0.29) is 42.2 Å². The first-order valence-corrected chi connectivity index (χ1v) is 14.5. The van der Waals surface area contributed by atoms with Crippen molar-refractivity contribution < 1.29 is 27.9 Å². The van der Waals surface area contributed by atoms with Crippen molar-refractivity contribution in [3.8, 4) is 0 Å². The fourth-order valence-corrected chi connectivity index (χ4v) is 5.29. The predicted octanol–water partition coefficient (Wildman–Crippen LogP) is 1.02. The molecule has 0 saturated carbocycles. The topological polar surface area (TPSA) is 241 Å². The molecule has 0 unspecified atom stereocenters. The van der Waals surface area contributed by atoms with Gasteiger partial charge in [-0.1, -0.05) is 56.7 Å². The van der Waals surface area contributed by atoms with Gasteiger partial charge < -0.3 is 27.2 Å². The monoisotopic (exact) mass is 587 g/mol. The number of nitrogen functional groups attached to an aromatic ring is 1. The van der Waals surface area contributed by atoms with Gasteiger partial charge in [-0.15, -0.1) is 0 Å². The number of sulfonamides is 1. The van der Waals surface area contributed by atoms with E-state index in [9.17, 15) is 27.9 Å². The molecule has 41 heavy (non-hydrogen) atoms. The Kier molecular flexibility index (Phi) is 12.0. The normalized spacial score (nSPS) is 13.4. The Balaban J connectivity index is 2.17. The summed E-state index contributed by atoms with van der Waals surface area (Å²) in [6.45, 7) is 3.58. The van der Waals surface area contributed by atoms with Gasteiger partial charge in [0.05, 0.1) is 17.2 Å². The first-order valence-electron chi connectivity index (χ1n) is 12.9. The molecule has 2 rings (SSSR count). The van der Waals surface area contributed by atoms with Crippen molar-refractivity contribution in [2.45, 2.75) is 57.5 Å². The lowest BCUT2D eigenvalue weighted by molar-refractivity contribution is -0.130. The summed E-state index contributed by atoms with van der Waals surface area (Å²) in [7, 11) is -4.10. The third-order valence-corrected chi connectivity index (χ3v) is 7.73. The van der Waals surface area contributed by atoms with Gasteiger partial charge in [0.1, 0.15) is 17.9 Å². The number of rotatable bonds is 16. The number of nitrogens with two attached hydrogens (primary N) is 2. The lowest BCUT2D eigenvalue weighted by Crippen LogP contribution is -2.55. The van der Waals surface area contributed by atoms with E-state index in [0.29, 0.717) is 12.0 Å². The van der Waals surface area contributed by atoms with E-state index in [2.05, 4.69) is 15.4 Å². The van der Waals surface area contributed by atoms with Gasteiger partial charge in [0.15, 0.2) is 0 Å². The molecule has 0 aliphatic rings. The van der Waals surface area contributed by atoms with Crippen molar-refractivity contribution in [2.24, 2.45) is 17.4 Å². The second-order valence-corrected chi connectivity index (χ2v) is 11.5. The molecule has 0 spiro atoms. The second-order valence-electron chi connectivity index (χ2n) is 9.70. The van der Waals surface area contributed by atoms with E-state index >= 15 is 0 Å². The average molecular weight is 588 g/mol. The van der Waals surface area contributed by atoms with E-state index in [0.717, 1.165) is 5.56 Å². The van der Waals surface area contributed by atoms with Gasteiger partial charge >= 0.3 is 5.97 Å². The number of benzene rings is 2. The second kappa shape index (κ2) is 14.9. The minimum atomic E-state index is -4.10. The molecule has 3 atom stereocenters. The smallest absolute Gasteiger partial charge is 0.335 e. The number of carbonyl (C=O) groups is 3. The van der Waals surface area contributed by atoms with Crippen LogP contribution in [0.4, 0.5) is 0 Å². The zero-order valence-corrected chi connectivity index (χ0v) is 23.8. The number of amidine groups is 2. The van der Waals surface area contributed by atoms with Crippen LogP contribution in [0.15, 0.2) is 48.5 Å². The summed E-state index contributed by atoms with van der Waals surface area (Å²) in [6, 6.07) is 9.83. The highest BCUT2D eigenvalue weighted by atomic mass is 32.2. The number of nitrogens with one attached hydrogen (secondary N) is 5. The first kappa shape index (κ1) is 32.9. The number of amides is 2. The van der Waals surface area contributed by atoms with Crippen LogP contribution >= 0.6 is 0 Å². The molecular weight excluding hydrogens is 550 g/mol. The molecule has 222 valence electrons. The van der Waals surface area contributed by atoms with Crippen molar-refractivity contribution in [1.82, 2.24) is 15.4 Å². The number of carboxylic acids is 1. The van der Waals surface area contributed by atoms with Crippen LogP contribution in [0, 0.1) is 16.7 Å².